The second-order valence-corrected chi connectivity index (χ2v) is 7.30. The van der Waals surface area contributed by atoms with Gasteiger partial charge in [-0.25, -0.2) is 0 Å². The number of hydrogen-bond acceptors (Lipinski definition) is 2. The molecule has 0 radical (unpaired) electrons. The number of halogens is 1. The van der Waals surface area contributed by atoms with E-state index in [0.717, 1.165) is 36.1 Å². The van der Waals surface area contributed by atoms with Gasteiger partial charge in [0.2, 0.25) is 0 Å². The Bertz CT molecular complexity index is 437. The Balaban J connectivity index is 2.14. The zero-order valence-corrected chi connectivity index (χ0v) is 13.0. The zero-order chi connectivity index (χ0) is 13.3. The highest BCUT2D eigenvalue weighted by Gasteiger charge is 2.21. The molecule has 1 aromatic rings. The fraction of sp³-hybridized carbons (Fsp3) is 0.600. The lowest BCUT2D eigenvalue weighted by molar-refractivity contribution is 0.330. The molecular weight excluding hydrogens is 290 g/mol. The average molecular weight is 312 g/mol. The predicted molar refractivity (Wildman–Crippen MR) is 79.1 cm³/mol. The van der Waals surface area contributed by atoms with Gasteiger partial charge in [0.25, 0.3) is 0 Å². The van der Waals surface area contributed by atoms with Gasteiger partial charge in [-0.3, -0.25) is 0 Å². The van der Waals surface area contributed by atoms with Crippen LogP contribution in [-0.2, 0) is 12.8 Å². The zero-order valence-electron chi connectivity index (χ0n) is 11.4. The summed E-state index contributed by atoms with van der Waals surface area (Å²) in [5.74, 6) is 1.07. The third-order valence-electron chi connectivity index (χ3n) is 3.18. The van der Waals surface area contributed by atoms with Crippen LogP contribution in [0.15, 0.2) is 16.6 Å². The molecule has 0 fully saturated rings. The van der Waals surface area contributed by atoms with Crippen LogP contribution in [0.1, 0.15) is 38.3 Å². The molecule has 1 aliphatic rings. The van der Waals surface area contributed by atoms with E-state index in [0.29, 0.717) is 0 Å². The van der Waals surface area contributed by atoms with Crippen LogP contribution in [0.5, 0.6) is 5.75 Å². The maximum Gasteiger partial charge on any atom is 0.125 e. The molecule has 1 atom stereocenters. The quantitative estimate of drug-likeness (QED) is 0.924. The van der Waals surface area contributed by atoms with Crippen molar-refractivity contribution in [1.29, 1.82) is 0 Å². The first kappa shape index (κ1) is 13.9. The first-order valence-corrected chi connectivity index (χ1v) is 7.34. The molecule has 2 nitrogen and oxygen atoms in total. The van der Waals surface area contributed by atoms with Gasteiger partial charge in [0.15, 0.2) is 0 Å². The maximum absolute atomic E-state index is 6.27. The standard InChI is InChI=1S/C15H22BrNO/c1-15(2,3)9-13(17)8-11-7-12(16)6-10-4-5-18-14(10)11/h6-7,13H,4-5,8-9,17H2,1-3H3. The van der Waals surface area contributed by atoms with Gasteiger partial charge in [0, 0.05) is 16.9 Å². The summed E-state index contributed by atoms with van der Waals surface area (Å²) in [6, 6.07) is 4.49. The molecule has 0 saturated heterocycles. The predicted octanol–water partition coefficient (Wildman–Crippen LogP) is 3.69. The highest BCUT2D eigenvalue weighted by molar-refractivity contribution is 9.10. The second-order valence-electron chi connectivity index (χ2n) is 6.38. The van der Waals surface area contributed by atoms with E-state index >= 15 is 0 Å². The maximum atomic E-state index is 6.27. The minimum Gasteiger partial charge on any atom is -0.493 e. The van der Waals surface area contributed by atoms with Crippen molar-refractivity contribution in [3.05, 3.63) is 27.7 Å². The third kappa shape index (κ3) is 3.48. The Morgan fingerprint density at radius 3 is 2.78 bits per heavy atom. The summed E-state index contributed by atoms with van der Waals surface area (Å²) in [4.78, 5) is 0. The number of fused-ring (bicyclic) bond motifs is 1. The van der Waals surface area contributed by atoms with Gasteiger partial charge in [-0.1, -0.05) is 36.7 Å². The van der Waals surface area contributed by atoms with E-state index in [-0.39, 0.29) is 11.5 Å². The summed E-state index contributed by atoms with van der Waals surface area (Å²) in [5.41, 5.74) is 9.09. The molecule has 0 amide bonds. The van der Waals surface area contributed by atoms with Crippen LogP contribution in [-0.4, -0.2) is 12.6 Å². The normalized spacial score (nSPS) is 16.3. The van der Waals surface area contributed by atoms with Gasteiger partial charge < -0.3 is 10.5 Å². The van der Waals surface area contributed by atoms with Crippen molar-refractivity contribution in [1.82, 2.24) is 0 Å². The molecule has 0 bridgehead atoms. The Morgan fingerprint density at radius 1 is 1.39 bits per heavy atom. The van der Waals surface area contributed by atoms with Gasteiger partial charge in [0.05, 0.1) is 6.61 Å². The van der Waals surface area contributed by atoms with E-state index < -0.39 is 0 Å². The van der Waals surface area contributed by atoms with Gasteiger partial charge in [-0.15, -0.1) is 0 Å². The fourth-order valence-electron chi connectivity index (χ4n) is 2.64. The molecular formula is C15H22BrNO. The van der Waals surface area contributed by atoms with E-state index in [1.807, 2.05) is 0 Å². The second kappa shape index (κ2) is 5.22. The van der Waals surface area contributed by atoms with E-state index in [1.54, 1.807) is 0 Å². The molecule has 100 valence electrons. The first-order valence-electron chi connectivity index (χ1n) is 6.55. The van der Waals surface area contributed by atoms with Crippen LogP contribution in [0.4, 0.5) is 0 Å². The summed E-state index contributed by atoms with van der Waals surface area (Å²) < 4.78 is 6.87. The molecule has 2 rings (SSSR count). The first-order chi connectivity index (χ1) is 8.35. The highest BCUT2D eigenvalue weighted by atomic mass is 79.9. The SMILES string of the molecule is CC(C)(C)CC(N)Cc1cc(Br)cc2c1OCC2. The van der Waals surface area contributed by atoms with E-state index in [4.69, 9.17) is 10.5 Å². The summed E-state index contributed by atoms with van der Waals surface area (Å²) in [5, 5.41) is 0. The molecule has 1 heterocycles. The van der Waals surface area contributed by atoms with Crippen molar-refractivity contribution in [2.24, 2.45) is 11.1 Å². The van der Waals surface area contributed by atoms with Crippen molar-refractivity contribution in [3.63, 3.8) is 0 Å². The molecule has 1 aromatic carbocycles. The summed E-state index contributed by atoms with van der Waals surface area (Å²) in [6.07, 6.45) is 2.92. The lowest BCUT2D eigenvalue weighted by Crippen LogP contribution is -2.28. The van der Waals surface area contributed by atoms with Crippen molar-refractivity contribution in [3.8, 4) is 5.75 Å². The van der Waals surface area contributed by atoms with Gasteiger partial charge >= 0.3 is 0 Å². The number of benzene rings is 1. The number of rotatable bonds is 3. The van der Waals surface area contributed by atoms with Crippen LogP contribution >= 0.6 is 15.9 Å². The van der Waals surface area contributed by atoms with Crippen molar-refractivity contribution in [2.45, 2.75) is 46.1 Å². The minimum absolute atomic E-state index is 0.188. The highest BCUT2D eigenvalue weighted by Crippen LogP contribution is 2.34. The van der Waals surface area contributed by atoms with Gasteiger partial charge in [-0.2, -0.15) is 0 Å². The lowest BCUT2D eigenvalue weighted by Gasteiger charge is -2.23. The minimum atomic E-state index is 0.188. The summed E-state index contributed by atoms with van der Waals surface area (Å²) in [6.45, 7) is 7.49. The van der Waals surface area contributed by atoms with Crippen LogP contribution < -0.4 is 10.5 Å². The molecule has 0 aromatic heterocycles. The lowest BCUT2D eigenvalue weighted by atomic mass is 9.86. The molecule has 0 aliphatic carbocycles. The average Bonchev–Trinajstić information content (AvgIpc) is 2.61. The molecule has 3 heteroatoms. The Kier molecular flexibility index (Phi) is 4.02. The smallest absolute Gasteiger partial charge is 0.125 e. The van der Waals surface area contributed by atoms with Crippen LogP contribution in [0.2, 0.25) is 0 Å². The number of ether oxygens (including phenoxy) is 1. The molecule has 18 heavy (non-hydrogen) atoms. The Morgan fingerprint density at radius 2 is 2.11 bits per heavy atom. The van der Waals surface area contributed by atoms with Crippen molar-refractivity contribution >= 4 is 15.9 Å². The Labute approximate surface area is 118 Å². The summed E-state index contributed by atoms with van der Waals surface area (Å²) in [7, 11) is 0. The Hall–Kier alpha value is -0.540. The topological polar surface area (TPSA) is 35.2 Å². The van der Waals surface area contributed by atoms with Gasteiger partial charge in [-0.05, 0) is 41.5 Å². The largest absolute Gasteiger partial charge is 0.493 e. The fourth-order valence-corrected chi connectivity index (χ4v) is 3.19. The van der Waals surface area contributed by atoms with Crippen molar-refractivity contribution in [2.75, 3.05) is 6.61 Å². The molecule has 1 unspecified atom stereocenters. The molecule has 2 N–H and O–H groups in total. The van der Waals surface area contributed by atoms with E-state index in [2.05, 4.69) is 48.8 Å². The molecule has 1 aliphatic heterocycles. The molecule has 0 saturated carbocycles. The summed E-state index contributed by atoms with van der Waals surface area (Å²) >= 11 is 3.57. The molecule has 0 spiro atoms. The van der Waals surface area contributed by atoms with Crippen molar-refractivity contribution < 1.29 is 4.74 Å². The van der Waals surface area contributed by atoms with Crippen LogP contribution in [0, 0.1) is 5.41 Å². The van der Waals surface area contributed by atoms with Crippen LogP contribution in [0.25, 0.3) is 0 Å². The van der Waals surface area contributed by atoms with E-state index in [9.17, 15) is 0 Å². The monoisotopic (exact) mass is 311 g/mol. The third-order valence-corrected chi connectivity index (χ3v) is 3.64. The van der Waals surface area contributed by atoms with E-state index in [1.165, 1.54) is 11.1 Å². The van der Waals surface area contributed by atoms with Crippen LogP contribution in [0.3, 0.4) is 0 Å². The number of hydrogen-bond donors (Lipinski definition) is 1. The van der Waals surface area contributed by atoms with Gasteiger partial charge in [0.1, 0.15) is 5.75 Å². The number of nitrogens with two attached hydrogens (primary N) is 1.